The van der Waals surface area contributed by atoms with Crippen LogP contribution in [0.25, 0.3) is 10.9 Å². The van der Waals surface area contributed by atoms with Crippen LogP contribution in [-0.2, 0) is 22.6 Å². The largest absolute Gasteiger partial charge is 0.382 e. The van der Waals surface area contributed by atoms with Crippen LogP contribution in [0.4, 0.5) is 0 Å². The van der Waals surface area contributed by atoms with Crippen LogP contribution < -0.4 is 5.56 Å². The van der Waals surface area contributed by atoms with Gasteiger partial charge in [-0.15, -0.1) is 0 Å². The first-order valence-electron chi connectivity index (χ1n) is 12.0. The molecular weight excluding hydrogens is 450 g/mol. The van der Waals surface area contributed by atoms with E-state index in [1.807, 2.05) is 45.0 Å². The lowest BCUT2D eigenvalue weighted by molar-refractivity contribution is 0.0957. The van der Waals surface area contributed by atoms with Gasteiger partial charge in [0.15, 0.2) is 10.9 Å². The fourth-order valence-corrected chi connectivity index (χ4v) is 5.40. The van der Waals surface area contributed by atoms with Crippen LogP contribution >= 0.6 is 11.8 Å². The van der Waals surface area contributed by atoms with E-state index in [2.05, 4.69) is 4.57 Å². The number of hydrogen-bond donors (Lipinski definition) is 0. The highest BCUT2D eigenvalue weighted by molar-refractivity contribution is 7.99. The number of ether oxygens (including phenoxy) is 2. The van der Waals surface area contributed by atoms with Crippen molar-refractivity contribution in [2.45, 2.75) is 64.4 Å². The lowest BCUT2D eigenvalue weighted by Crippen LogP contribution is -2.24. The first-order valence-corrected chi connectivity index (χ1v) is 13.0. The maximum atomic E-state index is 13.2. The van der Waals surface area contributed by atoms with Gasteiger partial charge in [-0.25, -0.2) is 4.98 Å². The second-order valence-electron chi connectivity index (χ2n) is 8.66. The summed E-state index contributed by atoms with van der Waals surface area (Å²) < 4.78 is 15.1. The molecular formula is C26H33N3O4S. The van der Waals surface area contributed by atoms with Crippen molar-refractivity contribution in [3.05, 3.63) is 57.6 Å². The van der Waals surface area contributed by atoms with E-state index in [0.29, 0.717) is 42.2 Å². The van der Waals surface area contributed by atoms with Gasteiger partial charge in [0.25, 0.3) is 5.56 Å². The van der Waals surface area contributed by atoms with Crippen molar-refractivity contribution in [3.8, 4) is 0 Å². The van der Waals surface area contributed by atoms with E-state index in [-0.39, 0.29) is 23.2 Å². The second-order valence-corrected chi connectivity index (χ2v) is 9.60. The summed E-state index contributed by atoms with van der Waals surface area (Å²) in [7, 11) is 0. The number of fused-ring (bicyclic) bond motifs is 1. The molecule has 1 unspecified atom stereocenters. The molecule has 0 N–H and O–H groups in total. The number of benzene rings is 1. The summed E-state index contributed by atoms with van der Waals surface area (Å²) in [6.07, 6.45) is 3.08. The summed E-state index contributed by atoms with van der Waals surface area (Å²) in [6, 6.07) is 9.32. The minimum atomic E-state index is -0.0770. The molecule has 0 aliphatic carbocycles. The minimum Gasteiger partial charge on any atom is -0.382 e. The zero-order valence-electron chi connectivity index (χ0n) is 20.2. The first-order chi connectivity index (χ1) is 16.5. The number of para-hydroxylation sites is 1. The molecule has 3 heterocycles. The van der Waals surface area contributed by atoms with Crippen molar-refractivity contribution >= 4 is 28.4 Å². The standard InChI is InChI=1S/C26H33N3O4S/c1-4-32-13-8-12-28-25(31)21-10-5-6-11-23(21)27-26(28)34-17-24(30)22-15-18(2)29(19(22)3)16-20-9-7-14-33-20/h5-6,10-11,15,20H,4,7-9,12-14,16-17H2,1-3H3. The molecule has 0 amide bonds. The Hall–Kier alpha value is -2.42. The Balaban J connectivity index is 1.53. The highest BCUT2D eigenvalue weighted by Crippen LogP contribution is 2.24. The summed E-state index contributed by atoms with van der Waals surface area (Å²) >= 11 is 1.33. The third kappa shape index (κ3) is 5.45. The summed E-state index contributed by atoms with van der Waals surface area (Å²) in [5.41, 5.74) is 3.34. The molecule has 1 aliphatic rings. The molecule has 3 aromatic rings. The average molecular weight is 484 g/mol. The number of aromatic nitrogens is 3. The molecule has 0 saturated carbocycles. The van der Waals surface area contributed by atoms with Crippen LogP contribution in [0.15, 0.2) is 40.3 Å². The minimum absolute atomic E-state index is 0.0416. The normalized spacial score (nSPS) is 15.9. The third-order valence-corrected chi connectivity index (χ3v) is 7.29. The predicted octanol–water partition coefficient (Wildman–Crippen LogP) is 4.40. The fraction of sp³-hybridized carbons (Fsp3) is 0.500. The molecule has 1 aromatic carbocycles. The van der Waals surface area contributed by atoms with Crippen molar-refractivity contribution in [2.24, 2.45) is 0 Å². The van der Waals surface area contributed by atoms with Crippen LogP contribution in [0, 0.1) is 13.8 Å². The summed E-state index contributed by atoms with van der Waals surface area (Å²) in [5, 5.41) is 1.16. The Morgan fingerprint density at radius 1 is 1.26 bits per heavy atom. The van der Waals surface area contributed by atoms with Gasteiger partial charge in [0.1, 0.15) is 0 Å². The quantitative estimate of drug-likeness (QED) is 0.174. The first kappa shape index (κ1) is 24.7. The van der Waals surface area contributed by atoms with E-state index in [9.17, 15) is 9.59 Å². The van der Waals surface area contributed by atoms with E-state index < -0.39 is 0 Å². The molecule has 0 bridgehead atoms. The van der Waals surface area contributed by atoms with Crippen molar-refractivity contribution < 1.29 is 14.3 Å². The smallest absolute Gasteiger partial charge is 0.262 e. The Morgan fingerprint density at radius 2 is 2.09 bits per heavy atom. The van der Waals surface area contributed by atoms with Crippen molar-refractivity contribution in [1.82, 2.24) is 14.1 Å². The Labute approximate surface area is 204 Å². The number of nitrogens with zero attached hydrogens (tertiary/aromatic N) is 3. The topological polar surface area (TPSA) is 75.3 Å². The van der Waals surface area contributed by atoms with E-state index in [0.717, 1.165) is 42.9 Å². The van der Waals surface area contributed by atoms with Gasteiger partial charge in [-0.05, 0) is 58.2 Å². The molecule has 4 rings (SSSR count). The second kappa shape index (κ2) is 11.3. The zero-order chi connectivity index (χ0) is 24.1. The SMILES string of the molecule is CCOCCCn1c(SCC(=O)c2cc(C)n(CC3CCCO3)c2C)nc2ccccc2c1=O. The summed E-state index contributed by atoms with van der Waals surface area (Å²) in [4.78, 5) is 31.1. The number of Topliss-reactive ketones (excluding diaryl/α,β-unsaturated/α-hetero) is 1. The maximum absolute atomic E-state index is 13.2. The number of carbonyl (C=O) groups is 1. The Bertz CT molecular complexity index is 1210. The number of rotatable bonds is 11. The van der Waals surface area contributed by atoms with Crippen molar-refractivity contribution in [3.63, 3.8) is 0 Å². The van der Waals surface area contributed by atoms with Gasteiger partial charge in [-0.3, -0.25) is 14.2 Å². The van der Waals surface area contributed by atoms with Gasteiger partial charge in [-0.2, -0.15) is 0 Å². The Kier molecular flexibility index (Phi) is 8.24. The number of aryl methyl sites for hydroxylation is 1. The molecule has 8 heteroatoms. The monoisotopic (exact) mass is 483 g/mol. The van der Waals surface area contributed by atoms with Crippen molar-refractivity contribution in [2.75, 3.05) is 25.6 Å². The van der Waals surface area contributed by atoms with Gasteiger partial charge in [-0.1, -0.05) is 23.9 Å². The fourth-order valence-electron chi connectivity index (χ4n) is 4.49. The highest BCUT2D eigenvalue weighted by atomic mass is 32.2. The molecule has 1 atom stereocenters. The van der Waals surface area contributed by atoms with Gasteiger partial charge >= 0.3 is 0 Å². The molecule has 1 aliphatic heterocycles. The highest BCUT2D eigenvalue weighted by Gasteiger charge is 2.22. The Morgan fingerprint density at radius 3 is 2.85 bits per heavy atom. The number of ketones is 1. The zero-order valence-corrected chi connectivity index (χ0v) is 21.0. The average Bonchev–Trinajstić information content (AvgIpc) is 3.45. The molecule has 2 aromatic heterocycles. The lowest BCUT2D eigenvalue weighted by Gasteiger charge is -2.15. The third-order valence-electron chi connectivity index (χ3n) is 6.32. The van der Waals surface area contributed by atoms with Crippen LogP contribution in [0.1, 0.15) is 47.9 Å². The summed E-state index contributed by atoms with van der Waals surface area (Å²) in [5.74, 6) is 0.264. The van der Waals surface area contributed by atoms with Gasteiger partial charge < -0.3 is 14.0 Å². The van der Waals surface area contributed by atoms with Crippen LogP contribution in [-0.4, -0.2) is 51.6 Å². The maximum Gasteiger partial charge on any atom is 0.262 e. The van der Waals surface area contributed by atoms with E-state index in [1.54, 1.807) is 10.6 Å². The number of carbonyl (C=O) groups excluding carboxylic acids is 1. The molecule has 0 spiro atoms. The molecule has 0 radical (unpaired) electrons. The molecule has 1 saturated heterocycles. The van der Waals surface area contributed by atoms with Gasteiger partial charge in [0.05, 0.1) is 22.8 Å². The van der Waals surface area contributed by atoms with Gasteiger partial charge in [0, 0.05) is 49.9 Å². The molecule has 34 heavy (non-hydrogen) atoms. The van der Waals surface area contributed by atoms with Crippen LogP contribution in [0.3, 0.4) is 0 Å². The van der Waals surface area contributed by atoms with E-state index >= 15 is 0 Å². The molecule has 7 nitrogen and oxygen atoms in total. The number of hydrogen-bond acceptors (Lipinski definition) is 6. The van der Waals surface area contributed by atoms with Crippen LogP contribution in [0.2, 0.25) is 0 Å². The number of thioether (sulfide) groups is 1. The van der Waals surface area contributed by atoms with E-state index in [4.69, 9.17) is 14.5 Å². The van der Waals surface area contributed by atoms with Crippen molar-refractivity contribution in [1.29, 1.82) is 0 Å². The lowest BCUT2D eigenvalue weighted by atomic mass is 10.2. The molecule has 182 valence electrons. The van der Waals surface area contributed by atoms with E-state index in [1.165, 1.54) is 11.8 Å². The van der Waals surface area contributed by atoms with Gasteiger partial charge in [0.2, 0.25) is 0 Å². The molecule has 1 fully saturated rings. The summed E-state index contributed by atoms with van der Waals surface area (Å²) in [6.45, 7) is 9.31. The predicted molar refractivity (Wildman–Crippen MR) is 135 cm³/mol. The van der Waals surface area contributed by atoms with Crippen LogP contribution in [0.5, 0.6) is 0 Å².